The van der Waals surface area contributed by atoms with E-state index in [1.54, 1.807) is 38.5 Å². The minimum Gasteiger partial charge on any atom is -0.508 e. The van der Waals surface area contributed by atoms with Crippen LogP contribution in [0.1, 0.15) is 161 Å². The fraction of sp³-hybridized carbons (Fsp3) is 0.400. The SMILES string of the molecule is COc1c2cc(C(C)(C)C)cc1Cc1cc(C(C)(C)C)cc(c1O)Cc1cc(C(C)(C)C)cc(c1OC)Cc1cc(C(C)(C)C)cc(c1O)C2.Cc1ccc(O)cc1.Cc1ccc(O)cc1.[Ti]. The Kier molecular flexibility index (Phi) is 17.4. The molecule has 6 aromatic rings. The number of methoxy groups -OCH3 is 2. The Labute approximate surface area is 417 Å². The number of rotatable bonds is 2. The molecule has 0 unspecified atom stereocenters. The van der Waals surface area contributed by atoms with E-state index >= 15 is 0 Å². The first kappa shape index (κ1) is 54.4. The monoisotopic (exact) mass is 941 g/mol. The molecule has 1 aliphatic rings. The Morgan fingerprint density at radius 3 is 0.701 bits per heavy atom. The zero-order chi connectivity index (χ0) is 49.1. The van der Waals surface area contributed by atoms with Crippen LogP contribution in [0.5, 0.6) is 34.5 Å². The van der Waals surface area contributed by atoms with Crippen LogP contribution in [-0.2, 0) is 69.1 Å². The molecule has 0 radical (unpaired) electrons. The van der Waals surface area contributed by atoms with E-state index in [-0.39, 0.29) is 43.4 Å². The molecule has 0 spiro atoms. The average molecular weight is 941 g/mol. The van der Waals surface area contributed by atoms with Gasteiger partial charge in [0.05, 0.1) is 14.2 Å². The van der Waals surface area contributed by atoms with Gasteiger partial charge in [-0.3, -0.25) is 0 Å². The summed E-state index contributed by atoms with van der Waals surface area (Å²) in [5.41, 5.74) is 14.2. The molecule has 67 heavy (non-hydrogen) atoms. The Hall–Kier alpha value is -5.17. The van der Waals surface area contributed by atoms with E-state index in [1.165, 1.54) is 33.4 Å². The van der Waals surface area contributed by atoms with E-state index in [1.807, 2.05) is 38.1 Å². The molecule has 0 heterocycles. The van der Waals surface area contributed by atoms with E-state index in [9.17, 15) is 10.2 Å². The average Bonchev–Trinajstić information content (AvgIpc) is 3.21. The molecule has 0 aliphatic heterocycles. The molecule has 1 aliphatic carbocycles. The normalized spacial score (nSPS) is 12.7. The van der Waals surface area contributed by atoms with Gasteiger partial charge in [0.15, 0.2) is 0 Å². The summed E-state index contributed by atoms with van der Waals surface area (Å²) in [7, 11) is 3.47. The summed E-state index contributed by atoms with van der Waals surface area (Å²) in [6.45, 7) is 30.7. The number of fused-ring (bicyclic) bond motifs is 8. The predicted octanol–water partition coefficient (Wildman–Crippen LogP) is 14.4. The smallest absolute Gasteiger partial charge is 0.125 e. The number of benzene rings is 6. The van der Waals surface area contributed by atoms with Gasteiger partial charge in [0.1, 0.15) is 34.5 Å². The van der Waals surface area contributed by atoms with Crippen molar-refractivity contribution in [2.75, 3.05) is 14.2 Å². The first-order valence-corrected chi connectivity index (χ1v) is 23.2. The summed E-state index contributed by atoms with van der Waals surface area (Å²) >= 11 is 0. The van der Waals surface area contributed by atoms with Crippen molar-refractivity contribution in [1.82, 2.24) is 0 Å². The zero-order valence-corrected chi connectivity index (χ0v) is 44.7. The molecule has 7 heteroatoms. The fourth-order valence-corrected chi connectivity index (χ4v) is 8.26. The first-order valence-electron chi connectivity index (χ1n) is 23.2. The molecule has 0 saturated heterocycles. The standard InChI is InChI=1S/C46H60O4.2C7H8O.Ti/c1-43(2,3)35-19-27-15-31-23-37(45(7,8)9)25-33(41(31)49-13)17-29-21-36(44(4,5)6)22-30(40(29)48)18-34-26-38(46(10,11)12)24-32(42(34)50-14)16-28(20-35)39(27)47;2*1-6-2-4-7(8)5-3-6;/h19-26,47-48H,15-18H2,1-14H3;2*2-5,8H,1H3;. The molecular formula is C60H76O6Ti. The molecule has 0 amide bonds. The van der Waals surface area contributed by atoms with Gasteiger partial charge in [-0.1, -0.05) is 167 Å². The van der Waals surface area contributed by atoms with Crippen LogP contribution in [0, 0.1) is 13.8 Å². The van der Waals surface area contributed by atoms with Crippen LogP contribution >= 0.6 is 0 Å². The number of aryl methyl sites for hydroxylation is 2. The molecule has 8 bridgehead atoms. The summed E-state index contributed by atoms with van der Waals surface area (Å²) in [5.74, 6) is 2.90. The van der Waals surface area contributed by atoms with Crippen LogP contribution in [0.3, 0.4) is 0 Å². The Morgan fingerprint density at radius 2 is 0.537 bits per heavy atom. The Balaban J connectivity index is 0.000000483. The van der Waals surface area contributed by atoms with Crippen molar-refractivity contribution in [1.29, 1.82) is 0 Å². The zero-order valence-electron chi connectivity index (χ0n) is 43.2. The van der Waals surface area contributed by atoms with Gasteiger partial charge in [0, 0.05) is 47.4 Å². The van der Waals surface area contributed by atoms with Gasteiger partial charge in [-0.05, 0) is 127 Å². The van der Waals surface area contributed by atoms with Crippen LogP contribution in [0.2, 0.25) is 0 Å². The molecule has 356 valence electrons. The van der Waals surface area contributed by atoms with Crippen molar-refractivity contribution in [2.45, 2.75) is 144 Å². The molecule has 6 aromatic carbocycles. The number of hydrogen-bond donors (Lipinski definition) is 4. The second-order valence-electron chi connectivity index (χ2n) is 22.3. The van der Waals surface area contributed by atoms with E-state index in [0.717, 1.165) is 56.0 Å². The van der Waals surface area contributed by atoms with Gasteiger partial charge in [-0.25, -0.2) is 0 Å². The van der Waals surface area contributed by atoms with Crippen molar-refractivity contribution in [2.24, 2.45) is 0 Å². The molecule has 7 rings (SSSR count). The Morgan fingerprint density at radius 1 is 0.343 bits per heavy atom. The molecule has 0 aromatic heterocycles. The topological polar surface area (TPSA) is 99.4 Å². The van der Waals surface area contributed by atoms with E-state index in [0.29, 0.717) is 48.7 Å². The minimum atomic E-state index is -0.131. The van der Waals surface area contributed by atoms with Gasteiger partial charge in [-0.2, -0.15) is 0 Å². The van der Waals surface area contributed by atoms with Gasteiger partial charge in [0.25, 0.3) is 0 Å². The van der Waals surface area contributed by atoms with Gasteiger partial charge >= 0.3 is 0 Å². The van der Waals surface area contributed by atoms with E-state index in [2.05, 4.69) is 132 Å². The second-order valence-corrected chi connectivity index (χ2v) is 22.3. The fourth-order valence-electron chi connectivity index (χ4n) is 8.26. The molecule has 6 nitrogen and oxygen atoms in total. The largest absolute Gasteiger partial charge is 0.508 e. The summed E-state index contributed by atoms with van der Waals surface area (Å²) < 4.78 is 12.5. The summed E-state index contributed by atoms with van der Waals surface area (Å²) in [6, 6.07) is 31.8. The minimum absolute atomic E-state index is 0. The molecule has 0 atom stereocenters. The molecule has 4 N–H and O–H groups in total. The second kappa shape index (κ2) is 21.4. The van der Waals surface area contributed by atoms with E-state index in [4.69, 9.17) is 19.7 Å². The Bertz CT molecular complexity index is 2310. The third-order valence-corrected chi connectivity index (χ3v) is 12.5. The quantitative estimate of drug-likeness (QED) is 0.129. The number of hydrogen-bond acceptors (Lipinski definition) is 6. The van der Waals surface area contributed by atoms with Gasteiger partial charge in [-0.15, -0.1) is 0 Å². The maximum atomic E-state index is 12.1. The van der Waals surface area contributed by atoms with Gasteiger partial charge in [0.2, 0.25) is 0 Å². The first-order chi connectivity index (χ1) is 30.6. The van der Waals surface area contributed by atoms with E-state index < -0.39 is 0 Å². The van der Waals surface area contributed by atoms with Crippen molar-refractivity contribution in [3.63, 3.8) is 0 Å². The summed E-state index contributed by atoms with van der Waals surface area (Å²) in [5, 5.41) is 41.8. The maximum absolute atomic E-state index is 12.1. The van der Waals surface area contributed by atoms with Crippen LogP contribution < -0.4 is 9.47 Å². The van der Waals surface area contributed by atoms with Crippen LogP contribution in [0.25, 0.3) is 0 Å². The van der Waals surface area contributed by atoms with Crippen molar-refractivity contribution in [3.8, 4) is 34.5 Å². The number of phenolic OH excluding ortho intramolecular Hbond substituents is 4. The summed E-state index contributed by atoms with van der Waals surface area (Å²) in [4.78, 5) is 0. The van der Waals surface area contributed by atoms with Crippen molar-refractivity contribution in [3.05, 3.63) is 175 Å². The van der Waals surface area contributed by atoms with Crippen LogP contribution in [0.15, 0.2) is 97.1 Å². The molecule has 0 fully saturated rings. The molecule has 0 saturated carbocycles. The van der Waals surface area contributed by atoms with Crippen LogP contribution in [0.4, 0.5) is 0 Å². The van der Waals surface area contributed by atoms with Gasteiger partial charge < -0.3 is 29.9 Å². The number of phenols is 4. The number of aromatic hydroxyl groups is 4. The number of ether oxygens (including phenoxy) is 2. The van der Waals surface area contributed by atoms with Crippen molar-refractivity contribution >= 4 is 0 Å². The summed E-state index contributed by atoms with van der Waals surface area (Å²) in [6.07, 6.45) is 2.03. The van der Waals surface area contributed by atoms with Crippen LogP contribution in [-0.4, -0.2) is 34.6 Å². The molecular weight excluding hydrogens is 865 g/mol. The maximum Gasteiger partial charge on any atom is 0.125 e. The third-order valence-electron chi connectivity index (χ3n) is 12.5. The third kappa shape index (κ3) is 14.0. The predicted molar refractivity (Wildman–Crippen MR) is 274 cm³/mol. The van der Waals surface area contributed by atoms with Crippen molar-refractivity contribution < 1.29 is 51.6 Å².